The van der Waals surface area contributed by atoms with Crippen molar-refractivity contribution in [2.45, 2.75) is 26.0 Å². The van der Waals surface area contributed by atoms with Crippen LogP contribution >= 0.6 is 0 Å². The van der Waals surface area contributed by atoms with Gasteiger partial charge in [-0.15, -0.1) is 0 Å². The SMILES string of the molecule is C[C@H](Oc1ccccc1F)C(=O)NCCCn1ncccc1=O. The number of benzene rings is 1. The van der Waals surface area contributed by atoms with Crippen LogP contribution in [-0.4, -0.2) is 28.3 Å². The molecule has 0 radical (unpaired) electrons. The number of rotatable bonds is 7. The van der Waals surface area contributed by atoms with E-state index in [9.17, 15) is 14.0 Å². The Labute approximate surface area is 132 Å². The lowest BCUT2D eigenvalue weighted by atomic mass is 10.3. The van der Waals surface area contributed by atoms with Crippen molar-refractivity contribution >= 4 is 5.91 Å². The molecule has 0 spiro atoms. The van der Waals surface area contributed by atoms with Gasteiger partial charge < -0.3 is 10.1 Å². The molecule has 1 N–H and O–H groups in total. The van der Waals surface area contributed by atoms with Gasteiger partial charge in [0.2, 0.25) is 0 Å². The Hall–Kier alpha value is -2.70. The Morgan fingerprint density at radius 3 is 2.87 bits per heavy atom. The van der Waals surface area contributed by atoms with Gasteiger partial charge in [-0.2, -0.15) is 5.10 Å². The number of amides is 1. The number of carbonyl (C=O) groups is 1. The Morgan fingerprint density at radius 2 is 2.13 bits per heavy atom. The Kier molecular flexibility index (Phi) is 5.85. The Balaban J connectivity index is 1.75. The molecule has 0 aliphatic carbocycles. The van der Waals surface area contributed by atoms with Crippen LogP contribution in [0.5, 0.6) is 5.75 Å². The van der Waals surface area contributed by atoms with Crippen molar-refractivity contribution in [3.8, 4) is 5.75 Å². The standard InChI is InChI=1S/C16H18FN3O3/c1-12(23-14-7-3-2-6-13(14)17)16(22)18-9-5-11-20-15(21)8-4-10-19-20/h2-4,6-8,10,12H,5,9,11H2,1H3,(H,18,22)/t12-/m0/s1. The monoisotopic (exact) mass is 319 g/mol. The van der Waals surface area contributed by atoms with E-state index >= 15 is 0 Å². The Morgan fingerprint density at radius 1 is 1.35 bits per heavy atom. The van der Waals surface area contributed by atoms with Crippen LogP contribution < -0.4 is 15.6 Å². The van der Waals surface area contributed by atoms with Crippen LogP contribution in [-0.2, 0) is 11.3 Å². The van der Waals surface area contributed by atoms with Crippen molar-refractivity contribution < 1.29 is 13.9 Å². The molecule has 1 atom stereocenters. The van der Waals surface area contributed by atoms with E-state index in [0.29, 0.717) is 19.5 Å². The smallest absolute Gasteiger partial charge is 0.266 e. The molecule has 1 aromatic heterocycles. The molecule has 1 amide bonds. The van der Waals surface area contributed by atoms with Gasteiger partial charge in [0.25, 0.3) is 11.5 Å². The number of halogens is 1. The quantitative estimate of drug-likeness (QED) is 0.782. The zero-order chi connectivity index (χ0) is 16.7. The van der Waals surface area contributed by atoms with Gasteiger partial charge in [0.15, 0.2) is 17.7 Å². The van der Waals surface area contributed by atoms with E-state index in [2.05, 4.69) is 10.4 Å². The zero-order valence-electron chi connectivity index (χ0n) is 12.7. The second-order valence-corrected chi connectivity index (χ2v) is 4.92. The van der Waals surface area contributed by atoms with E-state index in [0.717, 1.165) is 0 Å². The summed E-state index contributed by atoms with van der Waals surface area (Å²) in [5.74, 6) is -0.821. The van der Waals surface area contributed by atoms with Crippen LogP contribution in [0.2, 0.25) is 0 Å². The van der Waals surface area contributed by atoms with Gasteiger partial charge in [-0.05, 0) is 31.5 Å². The summed E-state index contributed by atoms with van der Waals surface area (Å²) >= 11 is 0. The summed E-state index contributed by atoms with van der Waals surface area (Å²) in [5, 5.41) is 6.60. The van der Waals surface area contributed by atoms with Gasteiger partial charge in [0.05, 0.1) is 0 Å². The average molecular weight is 319 g/mol. The van der Waals surface area contributed by atoms with Gasteiger partial charge in [-0.25, -0.2) is 9.07 Å². The van der Waals surface area contributed by atoms with Crippen molar-refractivity contribution in [2.24, 2.45) is 0 Å². The third kappa shape index (κ3) is 4.91. The molecular weight excluding hydrogens is 301 g/mol. The maximum absolute atomic E-state index is 13.4. The Bertz CT molecular complexity index is 717. The molecule has 0 saturated carbocycles. The van der Waals surface area contributed by atoms with Crippen molar-refractivity contribution in [1.82, 2.24) is 15.1 Å². The van der Waals surface area contributed by atoms with E-state index < -0.39 is 11.9 Å². The zero-order valence-corrected chi connectivity index (χ0v) is 12.7. The van der Waals surface area contributed by atoms with Crippen LogP contribution in [0, 0.1) is 5.82 Å². The number of aryl methyl sites for hydroxylation is 1. The molecule has 0 aliphatic rings. The molecule has 1 heterocycles. The highest BCUT2D eigenvalue weighted by Gasteiger charge is 2.15. The number of ether oxygens (including phenoxy) is 1. The highest BCUT2D eigenvalue weighted by atomic mass is 19.1. The van der Waals surface area contributed by atoms with Crippen molar-refractivity contribution in [3.63, 3.8) is 0 Å². The average Bonchev–Trinajstić information content (AvgIpc) is 2.55. The molecule has 0 fully saturated rings. The number of para-hydroxylation sites is 1. The first-order valence-corrected chi connectivity index (χ1v) is 7.29. The van der Waals surface area contributed by atoms with Crippen molar-refractivity contribution in [2.75, 3.05) is 6.54 Å². The van der Waals surface area contributed by atoms with Gasteiger partial charge in [-0.1, -0.05) is 12.1 Å². The maximum Gasteiger partial charge on any atom is 0.266 e. The number of aromatic nitrogens is 2. The minimum absolute atomic E-state index is 0.0372. The number of nitrogens with one attached hydrogen (secondary N) is 1. The number of hydrogen-bond donors (Lipinski definition) is 1. The molecule has 122 valence electrons. The number of carbonyl (C=O) groups excluding carboxylic acids is 1. The van der Waals surface area contributed by atoms with E-state index in [1.54, 1.807) is 25.1 Å². The third-order valence-electron chi connectivity index (χ3n) is 3.14. The van der Waals surface area contributed by atoms with E-state index in [4.69, 9.17) is 4.74 Å². The predicted octanol–water partition coefficient (Wildman–Crippen LogP) is 1.36. The second-order valence-electron chi connectivity index (χ2n) is 4.92. The number of hydrogen-bond acceptors (Lipinski definition) is 4. The molecule has 7 heteroatoms. The molecule has 0 unspecified atom stereocenters. The van der Waals surface area contributed by atoms with Gasteiger partial charge in [0, 0.05) is 25.4 Å². The van der Waals surface area contributed by atoms with Gasteiger partial charge >= 0.3 is 0 Å². The van der Waals surface area contributed by atoms with Crippen molar-refractivity contribution in [3.05, 3.63) is 58.8 Å². The molecule has 1 aromatic carbocycles. The predicted molar refractivity (Wildman–Crippen MR) is 82.6 cm³/mol. The van der Waals surface area contributed by atoms with Gasteiger partial charge in [0.1, 0.15) is 0 Å². The minimum atomic E-state index is -0.815. The summed E-state index contributed by atoms with van der Waals surface area (Å²) in [6, 6.07) is 8.91. The first-order valence-electron chi connectivity index (χ1n) is 7.29. The third-order valence-corrected chi connectivity index (χ3v) is 3.14. The highest BCUT2D eigenvalue weighted by Crippen LogP contribution is 2.16. The van der Waals surface area contributed by atoms with Crippen LogP contribution in [0.4, 0.5) is 4.39 Å². The minimum Gasteiger partial charge on any atom is -0.478 e. The maximum atomic E-state index is 13.4. The van der Waals surface area contributed by atoms with Crippen LogP contribution in [0.25, 0.3) is 0 Å². The largest absolute Gasteiger partial charge is 0.478 e. The summed E-state index contributed by atoms with van der Waals surface area (Å²) in [6.45, 7) is 2.32. The molecular formula is C16H18FN3O3. The summed E-state index contributed by atoms with van der Waals surface area (Å²) in [5.41, 5.74) is -0.185. The number of nitrogens with zero attached hydrogens (tertiary/aromatic N) is 2. The fourth-order valence-electron chi connectivity index (χ4n) is 1.92. The molecule has 23 heavy (non-hydrogen) atoms. The summed E-state index contributed by atoms with van der Waals surface area (Å²) in [6.07, 6.45) is 1.27. The van der Waals surface area contributed by atoms with E-state index in [1.807, 2.05) is 0 Å². The first-order chi connectivity index (χ1) is 11.1. The summed E-state index contributed by atoms with van der Waals surface area (Å²) in [7, 11) is 0. The van der Waals surface area contributed by atoms with Crippen LogP contribution in [0.1, 0.15) is 13.3 Å². The van der Waals surface area contributed by atoms with Crippen LogP contribution in [0.15, 0.2) is 47.4 Å². The fourth-order valence-corrected chi connectivity index (χ4v) is 1.92. The fraction of sp³-hybridized carbons (Fsp3) is 0.312. The van der Waals surface area contributed by atoms with Crippen LogP contribution in [0.3, 0.4) is 0 Å². The normalized spacial score (nSPS) is 11.7. The molecule has 2 rings (SSSR count). The van der Waals surface area contributed by atoms with E-state index in [1.165, 1.54) is 29.1 Å². The van der Waals surface area contributed by atoms with Gasteiger partial charge in [-0.3, -0.25) is 9.59 Å². The topological polar surface area (TPSA) is 73.2 Å². The summed E-state index contributed by atoms with van der Waals surface area (Å²) in [4.78, 5) is 23.3. The lowest BCUT2D eigenvalue weighted by Gasteiger charge is -2.15. The molecule has 0 aliphatic heterocycles. The van der Waals surface area contributed by atoms with Crippen molar-refractivity contribution in [1.29, 1.82) is 0 Å². The first kappa shape index (κ1) is 16.7. The second kappa shape index (κ2) is 8.07. The summed E-state index contributed by atoms with van der Waals surface area (Å²) < 4.78 is 20.1. The van der Waals surface area contributed by atoms with E-state index in [-0.39, 0.29) is 17.2 Å². The molecule has 0 bridgehead atoms. The lowest BCUT2D eigenvalue weighted by Crippen LogP contribution is -2.37. The lowest BCUT2D eigenvalue weighted by molar-refractivity contribution is -0.127. The molecule has 0 saturated heterocycles. The molecule has 2 aromatic rings. The molecule has 6 nitrogen and oxygen atoms in total. The highest BCUT2D eigenvalue weighted by molar-refractivity contribution is 5.80.